The van der Waals surface area contributed by atoms with Crippen LogP contribution in [0.15, 0.2) is 29.2 Å². The molecule has 0 fully saturated rings. The van der Waals surface area contributed by atoms with Gasteiger partial charge in [-0.25, -0.2) is 0 Å². The van der Waals surface area contributed by atoms with Gasteiger partial charge in [-0.1, -0.05) is 56.7 Å². The molecule has 0 saturated heterocycles. The van der Waals surface area contributed by atoms with E-state index in [0.717, 1.165) is 18.4 Å². The van der Waals surface area contributed by atoms with Gasteiger partial charge >= 0.3 is 5.97 Å². The summed E-state index contributed by atoms with van der Waals surface area (Å²) >= 11 is 0. The molecule has 0 aromatic heterocycles. The minimum absolute atomic E-state index is 0.0604. The predicted molar refractivity (Wildman–Crippen MR) is 169 cm³/mol. The molecule has 12 nitrogen and oxygen atoms in total. The molecule has 1 rings (SSSR count). The van der Waals surface area contributed by atoms with E-state index in [4.69, 9.17) is 42.1 Å². The molecule has 45 heavy (non-hydrogen) atoms. The molecule has 0 amide bonds. The van der Waals surface area contributed by atoms with Crippen LogP contribution in [0.3, 0.4) is 0 Å². The molecule has 262 valence electrons. The highest BCUT2D eigenvalue weighted by Gasteiger charge is 2.14. The van der Waals surface area contributed by atoms with Crippen LogP contribution in [-0.2, 0) is 57.0 Å². The second-order valence-corrected chi connectivity index (χ2v) is 11.7. The van der Waals surface area contributed by atoms with Crippen LogP contribution in [0.2, 0.25) is 0 Å². The van der Waals surface area contributed by atoms with Crippen molar-refractivity contribution in [3.8, 4) is 0 Å². The molecule has 0 saturated carbocycles. The molecule has 13 heteroatoms. The van der Waals surface area contributed by atoms with Crippen LogP contribution in [0.5, 0.6) is 0 Å². The Morgan fingerprint density at radius 2 is 0.911 bits per heavy atom. The van der Waals surface area contributed by atoms with Crippen molar-refractivity contribution in [1.29, 1.82) is 0 Å². The predicted octanol–water partition coefficient (Wildman–Crippen LogP) is 4.11. The number of rotatable bonds is 33. The number of carbonyl (C=O) groups excluding carboxylic acids is 1. The Morgan fingerprint density at radius 1 is 0.533 bits per heavy atom. The Kier molecular flexibility index (Phi) is 27.3. The molecule has 0 radical (unpaired) electrons. The maximum atomic E-state index is 12.1. The third-order valence-electron chi connectivity index (χ3n) is 6.23. The lowest BCUT2D eigenvalue weighted by atomic mass is 10.1. The average Bonchev–Trinajstić information content (AvgIpc) is 3.03. The number of hydrogen-bond acceptors (Lipinski definition) is 12. The first-order valence-electron chi connectivity index (χ1n) is 16.1. The van der Waals surface area contributed by atoms with Crippen LogP contribution in [-0.4, -0.2) is 120 Å². The Morgan fingerprint density at radius 3 is 1.36 bits per heavy atom. The number of benzene rings is 1. The molecule has 0 atom stereocenters. The van der Waals surface area contributed by atoms with Gasteiger partial charge in [0.05, 0.1) is 104 Å². The van der Waals surface area contributed by atoms with E-state index in [1.807, 2.05) is 6.92 Å². The summed E-state index contributed by atoms with van der Waals surface area (Å²) in [7, 11) is -3.77. The Balaban J connectivity index is 1.72. The van der Waals surface area contributed by atoms with Gasteiger partial charge in [0.1, 0.15) is 6.61 Å². The van der Waals surface area contributed by atoms with Gasteiger partial charge in [-0.3, -0.25) is 8.98 Å². The van der Waals surface area contributed by atoms with E-state index < -0.39 is 10.1 Å². The summed E-state index contributed by atoms with van der Waals surface area (Å²) in [6, 6.07) is 6.48. The summed E-state index contributed by atoms with van der Waals surface area (Å²) in [5.41, 5.74) is 0.974. The lowest BCUT2D eigenvalue weighted by molar-refractivity contribution is -0.145. The van der Waals surface area contributed by atoms with Crippen LogP contribution < -0.4 is 0 Å². The second kappa shape index (κ2) is 29.7. The third-order valence-corrected chi connectivity index (χ3v) is 7.56. The lowest BCUT2D eigenvalue weighted by Gasteiger charge is -2.09. The van der Waals surface area contributed by atoms with E-state index in [9.17, 15) is 13.2 Å². The minimum atomic E-state index is -3.77. The van der Waals surface area contributed by atoms with Crippen LogP contribution in [0, 0.1) is 6.92 Å². The standard InChI is InChI=1S/C32H56O12S/c1-3-4-5-6-7-8-9-32(33)43-28-26-41-24-22-39-20-18-37-16-14-36-15-17-38-19-21-40-23-25-42-27-29-44-45(34,35)31-12-10-30(2)11-13-31/h10-13H,3-9,14-29H2,1-2H3. The third kappa shape index (κ3) is 26.1. The van der Waals surface area contributed by atoms with Crippen molar-refractivity contribution in [2.45, 2.75) is 63.7 Å². The summed E-state index contributed by atoms with van der Waals surface area (Å²) in [6.07, 6.45) is 7.37. The highest BCUT2D eigenvalue weighted by Crippen LogP contribution is 2.13. The highest BCUT2D eigenvalue weighted by atomic mass is 32.2. The smallest absolute Gasteiger partial charge is 0.305 e. The van der Waals surface area contributed by atoms with E-state index in [1.165, 1.54) is 37.8 Å². The molecule has 1 aromatic rings. The number of carbonyl (C=O) groups is 1. The van der Waals surface area contributed by atoms with E-state index in [1.54, 1.807) is 12.1 Å². The van der Waals surface area contributed by atoms with E-state index >= 15 is 0 Å². The molecular weight excluding hydrogens is 608 g/mol. The quantitative estimate of drug-likeness (QED) is 0.0608. The van der Waals surface area contributed by atoms with Crippen LogP contribution in [0.25, 0.3) is 0 Å². The normalized spacial score (nSPS) is 11.7. The van der Waals surface area contributed by atoms with Gasteiger partial charge in [-0.05, 0) is 25.5 Å². The number of hydrogen-bond donors (Lipinski definition) is 0. The molecule has 0 aliphatic carbocycles. The van der Waals surface area contributed by atoms with Gasteiger partial charge in [0, 0.05) is 6.42 Å². The fourth-order valence-electron chi connectivity index (χ4n) is 3.73. The van der Waals surface area contributed by atoms with Gasteiger partial charge in [0.15, 0.2) is 0 Å². The molecule has 0 aliphatic heterocycles. The van der Waals surface area contributed by atoms with Crippen molar-refractivity contribution in [2.24, 2.45) is 0 Å². The number of esters is 1. The van der Waals surface area contributed by atoms with Crippen molar-refractivity contribution in [1.82, 2.24) is 0 Å². The topological polar surface area (TPSA) is 134 Å². The minimum Gasteiger partial charge on any atom is -0.463 e. The summed E-state index contributed by atoms with van der Waals surface area (Å²) in [5, 5.41) is 0. The van der Waals surface area contributed by atoms with Crippen LogP contribution in [0.1, 0.15) is 57.4 Å². The fourth-order valence-corrected chi connectivity index (χ4v) is 4.63. The molecular formula is C32H56O12S. The van der Waals surface area contributed by atoms with Gasteiger partial charge in [0.25, 0.3) is 10.1 Å². The van der Waals surface area contributed by atoms with Crippen molar-refractivity contribution in [3.05, 3.63) is 29.8 Å². The highest BCUT2D eigenvalue weighted by molar-refractivity contribution is 7.86. The monoisotopic (exact) mass is 664 g/mol. The average molecular weight is 665 g/mol. The van der Waals surface area contributed by atoms with Crippen LogP contribution in [0.4, 0.5) is 0 Å². The van der Waals surface area contributed by atoms with Gasteiger partial charge < -0.3 is 37.9 Å². The zero-order chi connectivity index (χ0) is 32.7. The number of ether oxygens (including phenoxy) is 8. The van der Waals surface area contributed by atoms with Gasteiger partial charge in [0.2, 0.25) is 0 Å². The van der Waals surface area contributed by atoms with Crippen molar-refractivity contribution in [2.75, 3.05) is 106 Å². The van der Waals surface area contributed by atoms with Gasteiger partial charge in [-0.15, -0.1) is 0 Å². The van der Waals surface area contributed by atoms with E-state index in [2.05, 4.69) is 6.92 Å². The van der Waals surface area contributed by atoms with E-state index in [0.29, 0.717) is 92.3 Å². The summed E-state index contributed by atoms with van der Waals surface area (Å²) in [4.78, 5) is 11.8. The SMILES string of the molecule is CCCCCCCCC(=O)OCCOCCOCCOCCOCCOCCOCCOCCOS(=O)(=O)c1ccc(C)cc1. The maximum absolute atomic E-state index is 12.1. The molecule has 0 spiro atoms. The maximum Gasteiger partial charge on any atom is 0.305 e. The van der Waals surface area contributed by atoms with Crippen molar-refractivity contribution < 1.29 is 55.3 Å². The first-order chi connectivity index (χ1) is 22.0. The molecule has 0 N–H and O–H groups in total. The van der Waals surface area contributed by atoms with Crippen molar-refractivity contribution in [3.63, 3.8) is 0 Å². The van der Waals surface area contributed by atoms with E-state index in [-0.39, 0.29) is 30.7 Å². The Bertz CT molecular complexity index is 911. The number of unbranched alkanes of at least 4 members (excludes halogenated alkanes) is 5. The Labute approximate surface area is 270 Å². The first kappa shape index (κ1) is 41.3. The zero-order valence-corrected chi connectivity index (χ0v) is 28.2. The first-order valence-corrected chi connectivity index (χ1v) is 17.5. The Hall–Kier alpha value is -1.68. The zero-order valence-electron chi connectivity index (χ0n) is 27.4. The number of aryl methyl sites for hydroxylation is 1. The molecule has 0 aliphatic rings. The summed E-state index contributed by atoms with van der Waals surface area (Å²) in [5.74, 6) is -0.153. The summed E-state index contributed by atoms with van der Waals surface area (Å²) < 4.78 is 72.2. The second-order valence-electron chi connectivity index (χ2n) is 10.1. The fraction of sp³-hybridized carbons (Fsp3) is 0.781. The van der Waals surface area contributed by atoms with Crippen molar-refractivity contribution >= 4 is 16.1 Å². The molecule has 0 bridgehead atoms. The summed E-state index contributed by atoms with van der Waals surface area (Å²) in [6.45, 7) is 10.0. The molecule has 1 aromatic carbocycles. The molecule has 0 unspecified atom stereocenters. The van der Waals surface area contributed by atoms with Crippen LogP contribution >= 0.6 is 0 Å². The molecule has 0 heterocycles. The van der Waals surface area contributed by atoms with Gasteiger partial charge in [-0.2, -0.15) is 8.42 Å². The largest absolute Gasteiger partial charge is 0.463 e. The lowest BCUT2D eigenvalue weighted by Crippen LogP contribution is -2.15.